The molecule has 0 spiro atoms. The van der Waals surface area contributed by atoms with Crippen LogP contribution in [0, 0.1) is 5.82 Å². The Bertz CT molecular complexity index is 1200. The number of aromatic nitrogens is 1. The predicted molar refractivity (Wildman–Crippen MR) is 108 cm³/mol. The summed E-state index contributed by atoms with van der Waals surface area (Å²) in [5.74, 6) is -0.613. The molecule has 0 saturated carbocycles. The zero-order valence-electron chi connectivity index (χ0n) is 16.0. The highest BCUT2D eigenvalue weighted by molar-refractivity contribution is 5.93. The van der Waals surface area contributed by atoms with Crippen LogP contribution in [-0.4, -0.2) is 28.9 Å². The lowest BCUT2D eigenvalue weighted by Crippen LogP contribution is -2.28. The van der Waals surface area contributed by atoms with Crippen LogP contribution >= 0.6 is 0 Å². The molecule has 1 aromatic heterocycles. The highest BCUT2D eigenvalue weighted by Gasteiger charge is 2.32. The van der Waals surface area contributed by atoms with E-state index in [9.17, 15) is 9.59 Å². The zero-order chi connectivity index (χ0) is 20.8. The standard InChI is InChI=1S/C22H19FN2O5/c23-15-10-14-18-21(19(15)24-8-4-5-9-24)29-16(13-6-2-1-3-7-13)11-25(18)12-17(20(14)26)30-22(27)28/h1-3,6-7,10,12,16H,4-5,8-9,11H2,(H,27,28)/t16-/m1/s1. The number of benzene rings is 2. The monoisotopic (exact) mass is 410 g/mol. The fourth-order valence-electron chi connectivity index (χ4n) is 4.32. The van der Waals surface area contributed by atoms with E-state index in [2.05, 4.69) is 4.74 Å². The Balaban J connectivity index is 1.76. The van der Waals surface area contributed by atoms with Gasteiger partial charge in [-0.1, -0.05) is 30.3 Å². The van der Waals surface area contributed by atoms with Crippen LogP contribution in [0.25, 0.3) is 10.9 Å². The molecule has 30 heavy (non-hydrogen) atoms. The predicted octanol–water partition coefficient (Wildman–Crippen LogP) is 3.93. The summed E-state index contributed by atoms with van der Waals surface area (Å²) in [7, 11) is 0. The molecule has 154 valence electrons. The largest absolute Gasteiger partial charge is 0.511 e. The Morgan fingerprint density at radius 1 is 1.20 bits per heavy atom. The summed E-state index contributed by atoms with van der Waals surface area (Å²) in [4.78, 5) is 25.8. The quantitative estimate of drug-likeness (QED) is 0.659. The normalized spacial score (nSPS) is 17.8. The molecule has 1 N–H and O–H groups in total. The van der Waals surface area contributed by atoms with Crippen molar-refractivity contribution in [1.29, 1.82) is 0 Å². The first kappa shape index (κ1) is 18.5. The number of halogens is 1. The maximum Gasteiger partial charge on any atom is 0.511 e. The van der Waals surface area contributed by atoms with Gasteiger partial charge in [-0.15, -0.1) is 0 Å². The van der Waals surface area contributed by atoms with Crippen molar-refractivity contribution in [3.05, 3.63) is 64.2 Å². The molecule has 1 saturated heterocycles. The van der Waals surface area contributed by atoms with Gasteiger partial charge in [0.15, 0.2) is 17.3 Å². The smallest absolute Gasteiger partial charge is 0.479 e. The van der Waals surface area contributed by atoms with Gasteiger partial charge in [-0.2, -0.15) is 0 Å². The number of hydrogen-bond acceptors (Lipinski definition) is 5. The SMILES string of the molecule is O=C(O)Oc1cn2c3c(c(N4CCCC4)c(F)cc3c1=O)O[C@@H](c1ccccc1)C2. The van der Waals surface area contributed by atoms with Crippen LogP contribution in [0.1, 0.15) is 24.5 Å². The summed E-state index contributed by atoms with van der Waals surface area (Å²) in [5, 5.41) is 9.03. The third kappa shape index (κ3) is 2.96. The molecular weight excluding hydrogens is 391 g/mol. The van der Waals surface area contributed by atoms with Crippen molar-refractivity contribution in [1.82, 2.24) is 4.57 Å². The average molecular weight is 410 g/mol. The van der Waals surface area contributed by atoms with Crippen LogP contribution in [0.4, 0.5) is 14.9 Å². The Kier molecular flexibility index (Phi) is 4.34. The van der Waals surface area contributed by atoms with E-state index in [0.717, 1.165) is 24.5 Å². The lowest BCUT2D eigenvalue weighted by molar-refractivity contribution is 0.143. The molecule has 7 nitrogen and oxygen atoms in total. The first-order valence-electron chi connectivity index (χ1n) is 9.80. The molecule has 0 aliphatic carbocycles. The maximum absolute atomic E-state index is 15.3. The van der Waals surface area contributed by atoms with Gasteiger partial charge in [0, 0.05) is 13.1 Å². The number of anilines is 1. The third-order valence-electron chi connectivity index (χ3n) is 5.62. The fourth-order valence-corrected chi connectivity index (χ4v) is 4.32. The highest BCUT2D eigenvalue weighted by atomic mass is 19.1. The molecule has 0 bridgehead atoms. The minimum absolute atomic E-state index is 0.0377. The van der Waals surface area contributed by atoms with E-state index in [1.165, 1.54) is 6.20 Å². The summed E-state index contributed by atoms with van der Waals surface area (Å²) in [6.45, 7) is 1.74. The molecule has 1 fully saturated rings. The molecule has 0 unspecified atom stereocenters. The number of nitrogens with zero attached hydrogens (tertiary/aromatic N) is 2. The minimum Gasteiger partial charge on any atom is -0.479 e. The van der Waals surface area contributed by atoms with Crippen molar-refractivity contribution in [2.45, 2.75) is 25.5 Å². The van der Waals surface area contributed by atoms with Crippen molar-refractivity contribution < 1.29 is 23.8 Å². The fraction of sp³-hybridized carbons (Fsp3) is 0.273. The minimum atomic E-state index is -1.60. The Morgan fingerprint density at radius 2 is 1.93 bits per heavy atom. The van der Waals surface area contributed by atoms with E-state index in [0.29, 0.717) is 36.6 Å². The topological polar surface area (TPSA) is 81.0 Å². The van der Waals surface area contributed by atoms with Crippen LogP contribution in [0.3, 0.4) is 0 Å². The zero-order valence-corrected chi connectivity index (χ0v) is 16.0. The van der Waals surface area contributed by atoms with E-state index >= 15 is 4.39 Å². The van der Waals surface area contributed by atoms with Crippen molar-refractivity contribution in [2.75, 3.05) is 18.0 Å². The van der Waals surface area contributed by atoms with E-state index in [1.807, 2.05) is 35.2 Å². The molecule has 0 amide bonds. The number of carbonyl (C=O) groups is 1. The van der Waals surface area contributed by atoms with Crippen molar-refractivity contribution >= 4 is 22.7 Å². The van der Waals surface area contributed by atoms with Gasteiger partial charge in [0.2, 0.25) is 5.43 Å². The second-order valence-corrected chi connectivity index (χ2v) is 7.49. The van der Waals surface area contributed by atoms with E-state index in [-0.39, 0.29) is 11.1 Å². The Labute approximate surface area is 170 Å². The van der Waals surface area contributed by atoms with Crippen LogP contribution in [0.5, 0.6) is 11.5 Å². The molecule has 0 radical (unpaired) electrons. The van der Waals surface area contributed by atoms with Gasteiger partial charge in [-0.3, -0.25) is 4.79 Å². The van der Waals surface area contributed by atoms with Gasteiger partial charge in [-0.25, -0.2) is 9.18 Å². The first-order chi connectivity index (χ1) is 14.5. The summed E-state index contributed by atoms with van der Waals surface area (Å²) in [6, 6.07) is 10.7. The first-order valence-corrected chi connectivity index (χ1v) is 9.80. The lowest BCUT2D eigenvalue weighted by Gasteiger charge is -2.32. The molecule has 5 rings (SSSR count). The summed E-state index contributed by atoms with van der Waals surface area (Å²) in [6.07, 6.45) is 1.26. The highest BCUT2D eigenvalue weighted by Crippen LogP contribution is 2.45. The number of ether oxygens (including phenoxy) is 2. The van der Waals surface area contributed by atoms with Crippen LogP contribution in [-0.2, 0) is 6.54 Å². The van der Waals surface area contributed by atoms with Gasteiger partial charge in [0.1, 0.15) is 11.8 Å². The number of hydrogen-bond donors (Lipinski definition) is 1. The van der Waals surface area contributed by atoms with Crippen LogP contribution < -0.4 is 19.8 Å². The van der Waals surface area contributed by atoms with Crippen LogP contribution in [0.15, 0.2) is 47.4 Å². The van der Waals surface area contributed by atoms with Gasteiger partial charge >= 0.3 is 6.16 Å². The average Bonchev–Trinajstić information content (AvgIpc) is 3.25. The number of pyridine rings is 1. The number of rotatable bonds is 3. The third-order valence-corrected chi connectivity index (χ3v) is 5.62. The van der Waals surface area contributed by atoms with E-state index < -0.39 is 23.5 Å². The molecule has 8 heteroatoms. The molecule has 2 aromatic carbocycles. The van der Waals surface area contributed by atoms with Crippen molar-refractivity contribution in [3.63, 3.8) is 0 Å². The van der Waals surface area contributed by atoms with E-state index in [1.54, 1.807) is 4.57 Å². The maximum atomic E-state index is 15.3. The lowest BCUT2D eigenvalue weighted by atomic mass is 10.0. The molecule has 2 aliphatic heterocycles. The van der Waals surface area contributed by atoms with Crippen molar-refractivity contribution in [3.8, 4) is 11.5 Å². The molecule has 2 aliphatic rings. The molecule has 3 aromatic rings. The van der Waals surface area contributed by atoms with E-state index in [4.69, 9.17) is 9.84 Å². The second kappa shape index (κ2) is 7.05. The molecular formula is C22H19FN2O5. The molecule has 1 atom stereocenters. The Morgan fingerprint density at radius 3 is 2.63 bits per heavy atom. The van der Waals surface area contributed by atoms with Gasteiger partial charge in [-0.05, 0) is 24.5 Å². The molecule has 3 heterocycles. The second-order valence-electron chi connectivity index (χ2n) is 7.49. The summed E-state index contributed by atoms with van der Waals surface area (Å²) < 4.78 is 28.0. The van der Waals surface area contributed by atoms with Crippen molar-refractivity contribution in [2.24, 2.45) is 0 Å². The Hall–Kier alpha value is -3.55. The van der Waals surface area contributed by atoms with Gasteiger partial charge in [0.25, 0.3) is 0 Å². The van der Waals surface area contributed by atoms with Gasteiger partial charge in [0.05, 0.1) is 23.6 Å². The summed E-state index contributed by atoms with van der Waals surface area (Å²) >= 11 is 0. The summed E-state index contributed by atoms with van der Waals surface area (Å²) in [5.41, 5.74) is 1.01. The van der Waals surface area contributed by atoms with Gasteiger partial charge < -0.3 is 24.0 Å². The number of carboxylic acid groups (broad SMARTS) is 1. The van der Waals surface area contributed by atoms with Crippen LogP contribution in [0.2, 0.25) is 0 Å².